The monoisotopic (exact) mass is 691 g/mol. The van der Waals surface area contributed by atoms with Crippen molar-refractivity contribution in [3.8, 4) is 0 Å². The van der Waals surface area contributed by atoms with E-state index in [0.717, 1.165) is 25.7 Å². The van der Waals surface area contributed by atoms with Crippen LogP contribution in [0.2, 0.25) is 0 Å². The van der Waals surface area contributed by atoms with Crippen LogP contribution in [0.4, 0.5) is 0 Å². The molecule has 6 nitrogen and oxygen atoms in total. The molecule has 1 N–H and O–H groups in total. The van der Waals surface area contributed by atoms with Crippen LogP contribution in [-0.4, -0.2) is 63.0 Å². The van der Waals surface area contributed by atoms with Gasteiger partial charge in [-0.1, -0.05) is 194 Å². The quantitative estimate of drug-likeness (QED) is 0.0395. The summed E-state index contributed by atoms with van der Waals surface area (Å²) in [5.41, 5.74) is 0. The average Bonchev–Trinajstić information content (AvgIpc) is 3.01. The summed E-state index contributed by atoms with van der Waals surface area (Å²) in [6.45, 7) is 6.46. The van der Waals surface area contributed by atoms with Gasteiger partial charge in [-0.25, -0.2) is 4.57 Å². The molecule has 2 atom stereocenters. The number of quaternary nitrogens is 1. The zero-order valence-electron chi connectivity index (χ0n) is 32.6. The first-order valence-corrected chi connectivity index (χ1v) is 22.2. The predicted octanol–water partition coefficient (Wildman–Crippen LogP) is 13.0. The first-order chi connectivity index (χ1) is 22.7. The molecule has 0 aliphatic heterocycles. The van der Waals surface area contributed by atoms with Crippen molar-refractivity contribution in [1.82, 2.24) is 0 Å². The van der Waals surface area contributed by atoms with Crippen LogP contribution < -0.4 is 0 Å². The number of hydrogen-bond acceptors (Lipinski definition) is 4. The van der Waals surface area contributed by atoms with Gasteiger partial charge in [-0.05, 0) is 12.8 Å². The SMILES string of the molecule is CCCCCCCCCCCCCCCCCCCC(COCCCCCCCCCCCCCC)OP(=O)(O)OCC[N+](C)(C)C. The number of hydrogen-bond donors (Lipinski definition) is 1. The third-order valence-corrected chi connectivity index (χ3v) is 10.4. The van der Waals surface area contributed by atoms with Crippen molar-refractivity contribution < 1.29 is 27.7 Å². The van der Waals surface area contributed by atoms with E-state index in [2.05, 4.69) is 13.8 Å². The number of rotatable bonds is 39. The fourth-order valence-electron chi connectivity index (χ4n) is 6.17. The highest BCUT2D eigenvalue weighted by molar-refractivity contribution is 7.47. The second kappa shape index (κ2) is 34.5. The summed E-state index contributed by atoms with van der Waals surface area (Å²) >= 11 is 0. The van der Waals surface area contributed by atoms with E-state index in [0.29, 0.717) is 24.2 Å². The summed E-state index contributed by atoms with van der Waals surface area (Å²) in [5.74, 6) is 0. The van der Waals surface area contributed by atoms with E-state index in [4.69, 9.17) is 13.8 Å². The van der Waals surface area contributed by atoms with Gasteiger partial charge in [-0.2, -0.15) is 0 Å². The molecule has 0 rings (SSSR count). The number of phosphoric acid groups is 1. The van der Waals surface area contributed by atoms with Crippen LogP contribution in [0.1, 0.15) is 206 Å². The molecule has 0 aliphatic carbocycles. The van der Waals surface area contributed by atoms with Crippen molar-refractivity contribution >= 4 is 7.82 Å². The second-order valence-corrected chi connectivity index (χ2v) is 16.9. The standard InChI is InChI=1S/C40H84NO5P/c1-6-8-10-12-14-16-18-20-21-22-23-24-25-27-29-31-33-35-40(46-47(42,43)45-38-36-41(3,4)5)39-44-37-34-32-30-28-26-19-17-15-13-11-9-7-2/h40H,6-39H2,1-5H3/p+1. The molecule has 0 radical (unpaired) electrons. The summed E-state index contributed by atoms with van der Waals surface area (Å²) in [5, 5.41) is 0. The highest BCUT2D eigenvalue weighted by Crippen LogP contribution is 2.45. The molecule has 0 aromatic carbocycles. The molecular formula is C40H85NO5P+. The second-order valence-electron chi connectivity index (χ2n) is 15.5. The Labute approximate surface area is 295 Å². The van der Waals surface area contributed by atoms with Crippen LogP contribution in [-0.2, 0) is 18.3 Å². The summed E-state index contributed by atoms with van der Waals surface area (Å²) in [4.78, 5) is 10.4. The molecule has 0 aromatic heterocycles. The van der Waals surface area contributed by atoms with Gasteiger partial charge < -0.3 is 14.1 Å². The Morgan fingerprint density at radius 1 is 0.511 bits per heavy atom. The first-order valence-electron chi connectivity index (χ1n) is 20.7. The highest BCUT2D eigenvalue weighted by Gasteiger charge is 2.27. The van der Waals surface area contributed by atoms with Crippen molar-refractivity contribution in [3.63, 3.8) is 0 Å². The summed E-state index contributed by atoms with van der Waals surface area (Å²) in [6.07, 6.45) is 39.0. The van der Waals surface area contributed by atoms with Crippen molar-refractivity contribution in [2.24, 2.45) is 0 Å². The van der Waals surface area contributed by atoms with Crippen LogP contribution in [0.5, 0.6) is 0 Å². The van der Waals surface area contributed by atoms with Gasteiger partial charge in [-0.3, -0.25) is 9.05 Å². The number of phosphoric ester groups is 1. The minimum absolute atomic E-state index is 0.197. The van der Waals surface area contributed by atoms with Crippen LogP contribution in [0.15, 0.2) is 0 Å². The normalized spacial score (nSPS) is 14.1. The van der Waals surface area contributed by atoms with E-state index in [1.165, 1.54) is 167 Å². The lowest BCUT2D eigenvalue weighted by Crippen LogP contribution is -2.37. The maximum atomic E-state index is 12.7. The molecule has 0 heterocycles. The molecule has 0 aromatic rings. The number of nitrogens with zero attached hydrogens (tertiary/aromatic N) is 1. The number of likely N-dealkylation sites (N-methyl/N-ethyl adjacent to an activating group) is 1. The maximum Gasteiger partial charge on any atom is 0.472 e. The first kappa shape index (κ1) is 47.0. The molecule has 0 aliphatic rings. The Morgan fingerprint density at radius 3 is 1.21 bits per heavy atom. The summed E-state index contributed by atoms with van der Waals surface area (Å²) < 4.78 is 30.3. The Balaban J connectivity index is 4.05. The Kier molecular flexibility index (Phi) is 34.5. The van der Waals surface area contributed by atoms with Gasteiger partial charge in [0, 0.05) is 6.61 Å². The van der Waals surface area contributed by atoms with Gasteiger partial charge in [0.25, 0.3) is 0 Å². The van der Waals surface area contributed by atoms with Crippen LogP contribution in [0.3, 0.4) is 0 Å². The van der Waals surface area contributed by atoms with Gasteiger partial charge >= 0.3 is 7.82 Å². The van der Waals surface area contributed by atoms with E-state index in [-0.39, 0.29) is 6.61 Å². The lowest BCUT2D eigenvalue weighted by molar-refractivity contribution is -0.870. The molecule has 0 bridgehead atoms. The highest BCUT2D eigenvalue weighted by atomic mass is 31.2. The van der Waals surface area contributed by atoms with Crippen LogP contribution in [0.25, 0.3) is 0 Å². The zero-order chi connectivity index (χ0) is 34.7. The Morgan fingerprint density at radius 2 is 0.851 bits per heavy atom. The molecule has 47 heavy (non-hydrogen) atoms. The van der Waals surface area contributed by atoms with Gasteiger partial charge in [0.2, 0.25) is 0 Å². The van der Waals surface area contributed by atoms with Gasteiger partial charge in [0.15, 0.2) is 0 Å². The maximum absolute atomic E-state index is 12.7. The third kappa shape index (κ3) is 38.7. The molecule has 284 valence electrons. The molecule has 2 unspecified atom stereocenters. The van der Waals surface area contributed by atoms with Gasteiger partial charge in [0.1, 0.15) is 13.2 Å². The van der Waals surface area contributed by atoms with Crippen molar-refractivity contribution in [2.75, 3.05) is 47.5 Å². The molecule has 0 spiro atoms. The minimum atomic E-state index is -4.11. The Bertz CT molecular complexity index is 671. The molecule has 0 saturated heterocycles. The third-order valence-electron chi connectivity index (χ3n) is 9.37. The topological polar surface area (TPSA) is 65.0 Å². The van der Waals surface area contributed by atoms with Gasteiger partial charge in [-0.15, -0.1) is 0 Å². The fourth-order valence-corrected chi connectivity index (χ4v) is 7.09. The van der Waals surface area contributed by atoms with Crippen molar-refractivity contribution in [3.05, 3.63) is 0 Å². The summed E-state index contributed by atoms with van der Waals surface area (Å²) in [7, 11) is 2.01. The largest absolute Gasteiger partial charge is 0.472 e. The van der Waals surface area contributed by atoms with E-state index >= 15 is 0 Å². The Hall–Kier alpha value is 0.0300. The van der Waals surface area contributed by atoms with E-state index in [1.807, 2.05) is 21.1 Å². The van der Waals surface area contributed by atoms with Crippen molar-refractivity contribution in [2.45, 2.75) is 213 Å². The molecule has 0 saturated carbocycles. The van der Waals surface area contributed by atoms with Crippen molar-refractivity contribution in [1.29, 1.82) is 0 Å². The zero-order valence-corrected chi connectivity index (χ0v) is 33.5. The van der Waals surface area contributed by atoms with E-state index in [1.54, 1.807) is 0 Å². The van der Waals surface area contributed by atoms with Crippen LogP contribution >= 0.6 is 7.82 Å². The number of unbranched alkanes of at least 4 members (excludes halogenated alkanes) is 27. The average molecular weight is 691 g/mol. The molecule has 0 amide bonds. The minimum Gasteiger partial charge on any atom is -0.379 e. The van der Waals surface area contributed by atoms with E-state index in [9.17, 15) is 9.46 Å². The molecule has 0 fully saturated rings. The fraction of sp³-hybridized carbons (Fsp3) is 1.00. The lowest BCUT2D eigenvalue weighted by Gasteiger charge is -2.25. The van der Waals surface area contributed by atoms with E-state index < -0.39 is 13.9 Å². The predicted molar refractivity (Wildman–Crippen MR) is 204 cm³/mol. The summed E-state index contributed by atoms with van der Waals surface area (Å²) in [6, 6.07) is 0. The smallest absolute Gasteiger partial charge is 0.379 e. The van der Waals surface area contributed by atoms with Crippen LogP contribution in [0, 0.1) is 0 Å². The van der Waals surface area contributed by atoms with Gasteiger partial charge in [0.05, 0.1) is 33.9 Å². The molecule has 7 heteroatoms. The number of ether oxygens (including phenoxy) is 1. The molecular weight excluding hydrogens is 605 g/mol. The lowest BCUT2D eigenvalue weighted by atomic mass is 10.0.